The van der Waals surface area contributed by atoms with Crippen molar-refractivity contribution in [1.82, 2.24) is 4.90 Å². The van der Waals surface area contributed by atoms with Crippen molar-refractivity contribution < 1.29 is 13.9 Å². The SMILES string of the molecule is COCc1ccc(C(=O)N2CCC(CCc3ccc(C)cc3)CC2)o1. The number of likely N-dealkylation sites (tertiary alicyclic amines) is 1. The fraction of sp³-hybridized carbons (Fsp3) is 0.476. The molecular formula is C21H27NO3. The molecule has 1 saturated heterocycles. The lowest BCUT2D eigenvalue weighted by atomic mass is 9.90. The van der Waals surface area contributed by atoms with Crippen molar-refractivity contribution >= 4 is 5.91 Å². The van der Waals surface area contributed by atoms with Gasteiger partial charge in [0, 0.05) is 20.2 Å². The van der Waals surface area contributed by atoms with Gasteiger partial charge in [-0.3, -0.25) is 4.79 Å². The number of piperidine rings is 1. The summed E-state index contributed by atoms with van der Waals surface area (Å²) in [4.78, 5) is 14.4. The van der Waals surface area contributed by atoms with Crippen LogP contribution in [0.25, 0.3) is 0 Å². The summed E-state index contributed by atoms with van der Waals surface area (Å²) in [5.41, 5.74) is 2.72. The van der Waals surface area contributed by atoms with Gasteiger partial charge in [-0.2, -0.15) is 0 Å². The minimum atomic E-state index is -0.000613. The Morgan fingerprint density at radius 1 is 1.16 bits per heavy atom. The average molecular weight is 341 g/mol. The van der Waals surface area contributed by atoms with Crippen LogP contribution in [0.3, 0.4) is 0 Å². The van der Waals surface area contributed by atoms with Crippen molar-refractivity contribution in [3.05, 3.63) is 59.0 Å². The van der Waals surface area contributed by atoms with Crippen molar-refractivity contribution in [3.8, 4) is 0 Å². The molecule has 0 atom stereocenters. The lowest BCUT2D eigenvalue weighted by Gasteiger charge is -2.31. The Balaban J connectivity index is 1.46. The van der Waals surface area contributed by atoms with Crippen molar-refractivity contribution in [3.63, 3.8) is 0 Å². The van der Waals surface area contributed by atoms with Crippen LogP contribution in [0.1, 0.15) is 46.7 Å². The zero-order valence-electron chi connectivity index (χ0n) is 15.2. The molecule has 0 N–H and O–H groups in total. The number of benzene rings is 1. The molecule has 25 heavy (non-hydrogen) atoms. The Morgan fingerprint density at radius 2 is 1.88 bits per heavy atom. The zero-order valence-corrected chi connectivity index (χ0v) is 15.2. The van der Waals surface area contributed by atoms with Gasteiger partial charge in [-0.15, -0.1) is 0 Å². The van der Waals surface area contributed by atoms with Gasteiger partial charge in [-0.25, -0.2) is 0 Å². The van der Waals surface area contributed by atoms with Gasteiger partial charge in [0.05, 0.1) is 0 Å². The predicted octanol–water partition coefficient (Wildman–Crippen LogP) is 4.22. The van der Waals surface area contributed by atoms with Gasteiger partial charge < -0.3 is 14.1 Å². The normalized spacial score (nSPS) is 15.5. The third-order valence-corrected chi connectivity index (χ3v) is 5.02. The van der Waals surface area contributed by atoms with E-state index in [4.69, 9.17) is 9.15 Å². The number of ether oxygens (including phenoxy) is 1. The number of aryl methyl sites for hydroxylation is 2. The van der Waals surface area contributed by atoms with Gasteiger partial charge in [-0.05, 0) is 56.2 Å². The fourth-order valence-corrected chi connectivity index (χ4v) is 3.42. The minimum absolute atomic E-state index is 0.000613. The second-order valence-corrected chi connectivity index (χ2v) is 6.96. The highest BCUT2D eigenvalue weighted by Crippen LogP contribution is 2.24. The van der Waals surface area contributed by atoms with Crippen LogP contribution in [0, 0.1) is 12.8 Å². The van der Waals surface area contributed by atoms with Crippen LogP contribution in [0.5, 0.6) is 0 Å². The van der Waals surface area contributed by atoms with Crippen molar-refractivity contribution in [2.45, 2.75) is 39.2 Å². The number of carbonyl (C=O) groups is 1. The maximum Gasteiger partial charge on any atom is 0.289 e. The molecule has 0 bridgehead atoms. The van der Waals surface area contributed by atoms with E-state index in [0.29, 0.717) is 24.0 Å². The summed E-state index contributed by atoms with van der Waals surface area (Å²) in [7, 11) is 1.62. The summed E-state index contributed by atoms with van der Waals surface area (Å²) >= 11 is 0. The first kappa shape index (κ1) is 17.7. The molecule has 1 aliphatic heterocycles. The van der Waals surface area contributed by atoms with Crippen LogP contribution in [-0.4, -0.2) is 31.0 Å². The molecule has 134 valence electrons. The fourth-order valence-electron chi connectivity index (χ4n) is 3.42. The molecule has 3 rings (SSSR count). The maximum absolute atomic E-state index is 12.5. The molecule has 0 radical (unpaired) electrons. The molecule has 1 aromatic heterocycles. The Labute approximate surface area is 149 Å². The molecule has 0 unspecified atom stereocenters. The van der Waals surface area contributed by atoms with E-state index >= 15 is 0 Å². The van der Waals surface area contributed by atoms with Crippen LogP contribution >= 0.6 is 0 Å². The van der Waals surface area contributed by atoms with E-state index in [-0.39, 0.29) is 5.91 Å². The maximum atomic E-state index is 12.5. The highest BCUT2D eigenvalue weighted by atomic mass is 16.5. The van der Waals surface area contributed by atoms with Crippen LogP contribution in [0.15, 0.2) is 40.8 Å². The van der Waals surface area contributed by atoms with Crippen LogP contribution in [0.4, 0.5) is 0 Å². The summed E-state index contributed by atoms with van der Waals surface area (Å²) in [6.07, 6.45) is 4.47. The first-order chi connectivity index (χ1) is 12.2. The average Bonchev–Trinajstić information content (AvgIpc) is 3.10. The number of hydrogen-bond acceptors (Lipinski definition) is 3. The van der Waals surface area contributed by atoms with Crippen molar-refractivity contribution in [2.24, 2.45) is 5.92 Å². The van der Waals surface area contributed by atoms with Gasteiger partial charge in [0.1, 0.15) is 12.4 Å². The van der Waals surface area contributed by atoms with Crippen molar-refractivity contribution in [1.29, 1.82) is 0 Å². The number of rotatable bonds is 6. The summed E-state index contributed by atoms with van der Waals surface area (Å²) in [5.74, 6) is 1.81. The van der Waals surface area contributed by atoms with Gasteiger partial charge >= 0.3 is 0 Å². The molecule has 0 aliphatic carbocycles. The van der Waals surface area contributed by atoms with Crippen LogP contribution in [0.2, 0.25) is 0 Å². The third kappa shape index (κ3) is 4.73. The monoisotopic (exact) mass is 341 g/mol. The topological polar surface area (TPSA) is 42.7 Å². The summed E-state index contributed by atoms with van der Waals surface area (Å²) in [6.45, 7) is 4.15. The molecule has 1 aliphatic rings. The molecule has 0 spiro atoms. The number of nitrogens with zero attached hydrogens (tertiary/aromatic N) is 1. The van der Waals surface area contributed by atoms with Crippen LogP contribution in [-0.2, 0) is 17.8 Å². The summed E-state index contributed by atoms with van der Waals surface area (Å²) in [5, 5.41) is 0. The number of methoxy groups -OCH3 is 1. The first-order valence-corrected chi connectivity index (χ1v) is 9.08. The molecule has 4 nitrogen and oxygen atoms in total. The molecule has 0 saturated carbocycles. The summed E-state index contributed by atoms with van der Waals surface area (Å²) < 4.78 is 10.6. The molecule has 2 heterocycles. The van der Waals surface area contributed by atoms with Crippen molar-refractivity contribution in [2.75, 3.05) is 20.2 Å². The van der Waals surface area contributed by atoms with Crippen LogP contribution < -0.4 is 0 Å². The minimum Gasteiger partial charge on any atom is -0.453 e. The Bertz CT molecular complexity index is 681. The Hall–Kier alpha value is -2.07. The number of carbonyl (C=O) groups excluding carboxylic acids is 1. The number of furan rings is 1. The first-order valence-electron chi connectivity index (χ1n) is 9.08. The van der Waals surface area contributed by atoms with E-state index in [1.807, 2.05) is 11.0 Å². The van der Waals surface area contributed by atoms with Gasteiger partial charge in [0.2, 0.25) is 0 Å². The highest BCUT2D eigenvalue weighted by Gasteiger charge is 2.25. The Morgan fingerprint density at radius 3 is 2.56 bits per heavy atom. The van der Waals surface area contributed by atoms with E-state index in [1.54, 1.807) is 13.2 Å². The van der Waals surface area contributed by atoms with E-state index < -0.39 is 0 Å². The lowest BCUT2D eigenvalue weighted by Crippen LogP contribution is -2.38. The molecular weight excluding hydrogens is 314 g/mol. The molecule has 1 amide bonds. The van der Waals surface area contributed by atoms with Gasteiger partial charge in [0.15, 0.2) is 5.76 Å². The zero-order chi connectivity index (χ0) is 17.6. The highest BCUT2D eigenvalue weighted by molar-refractivity contribution is 5.91. The van der Waals surface area contributed by atoms with E-state index in [1.165, 1.54) is 17.5 Å². The quantitative estimate of drug-likeness (QED) is 0.790. The largest absolute Gasteiger partial charge is 0.453 e. The smallest absolute Gasteiger partial charge is 0.289 e. The van der Waals surface area contributed by atoms with Gasteiger partial charge in [0.25, 0.3) is 5.91 Å². The standard InChI is InChI=1S/C21H27NO3/c1-16-3-5-17(6-4-16)7-8-18-11-13-22(14-12-18)21(23)20-10-9-19(25-20)15-24-2/h3-6,9-10,18H,7-8,11-15H2,1-2H3. The lowest BCUT2D eigenvalue weighted by molar-refractivity contribution is 0.0648. The third-order valence-electron chi connectivity index (χ3n) is 5.02. The van der Waals surface area contributed by atoms with E-state index in [9.17, 15) is 4.79 Å². The number of amides is 1. The number of hydrogen-bond donors (Lipinski definition) is 0. The second-order valence-electron chi connectivity index (χ2n) is 6.96. The summed E-state index contributed by atoms with van der Waals surface area (Å²) in [6, 6.07) is 12.4. The van der Waals surface area contributed by atoms with E-state index in [0.717, 1.165) is 32.4 Å². The predicted molar refractivity (Wildman–Crippen MR) is 97.5 cm³/mol. The molecule has 4 heteroatoms. The van der Waals surface area contributed by atoms with E-state index in [2.05, 4.69) is 31.2 Å². The molecule has 2 aromatic rings. The Kier molecular flexibility index (Phi) is 5.92. The molecule has 1 fully saturated rings. The second kappa shape index (κ2) is 8.34. The molecule has 1 aromatic carbocycles. The van der Waals surface area contributed by atoms with Gasteiger partial charge in [-0.1, -0.05) is 29.8 Å².